The number of nitrogens with zero attached hydrogens (tertiary/aromatic N) is 3. The van der Waals surface area contributed by atoms with Crippen molar-refractivity contribution < 1.29 is 19.1 Å². The molecule has 1 heterocycles. The number of hydrogen-bond acceptors (Lipinski definition) is 7. The summed E-state index contributed by atoms with van der Waals surface area (Å²) in [6.45, 7) is 4.31. The van der Waals surface area contributed by atoms with E-state index in [4.69, 9.17) is 9.47 Å². The molecule has 27 heavy (non-hydrogen) atoms. The molecule has 0 saturated carbocycles. The maximum Gasteiger partial charge on any atom is 0.313 e. The number of amides is 1. The molecular weight excluding hydrogens is 368 g/mol. The van der Waals surface area contributed by atoms with Crippen molar-refractivity contribution in [3.05, 3.63) is 35.7 Å². The van der Waals surface area contributed by atoms with Gasteiger partial charge >= 0.3 is 5.97 Å². The van der Waals surface area contributed by atoms with E-state index in [-0.39, 0.29) is 23.5 Å². The molecule has 0 radical (unpaired) electrons. The first-order chi connectivity index (χ1) is 12.9. The van der Waals surface area contributed by atoms with Crippen LogP contribution in [0.3, 0.4) is 0 Å². The lowest BCUT2D eigenvalue weighted by Gasteiger charge is -2.12. The second-order valence-electron chi connectivity index (χ2n) is 5.77. The molecule has 0 bridgehead atoms. The van der Waals surface area contributed by atoms with Crippen LogP contribution >= 0.6 is 11.8 Å². The maximum atomic E-state index is 12.3. The number of esters is 1. The summed E-state index contributed by atoms with van der Waals surface area (Å²) in [5.41, 5.74) is 0.983. The van der Waals surface area contributed by atoms with Gasteiger partial charge in [0, 0.05) is 13.6 Å². The summed E-state index contributed by atoms with van der Waals surface area (Å²) in [5, 5.41) is 11.2. The molecular formula is C18H24N4O4S. The first-order valence-electron chi connectivity index (χ1n) is 8.55. The number of carbonyl (C=O) groups is 2. The first kappa shape index (κ1) is 20.8. The zero-order valence-electron chi connectivity index (χ0n) is 15.9. The Balaban J connectivity index is 1.88. The molecule has 0 unspecified atom stereocenters. The van der Waals surface area contributed by atoms with Gasteiger partial charge in [-0.05, 0) is 31.5 Å². The van der Waals surface area contributed by atoms with Crippen LogP contribution in [0.15, 0.2) is 29.4 Å². The number of benzene rings is 1. The standard InChI is InChI=1S/C18H24N4O4S/c1-5-26-16(23)10-15-20-21-18(22(15)3)27-12(2)17(24)19-11-13-6-8-14(25-4)9-7-13/h6-9,12H,5,10-11H2,1-4H3,(H,19,24)/t12-/m0/s1. The highest BCUT2D eigenvalue weighted by molar-refractivity contribution is 8.00. The van der Waals surface area contributed by atoms with Gasteiger partial charge < -0.3 is 19.4 Å². The molecule has 1 amide bonds. The summed E-state index contributed by atoms with van der Waals surface area (Å²) in [6.07, 6.45) is 0.0515. The number of carbonyl (C=O) groups excluding carboxylic acids is 2. The molecule has 1 N–H and O–H groups in total. The predicted molar refractivity (Wildman–Crippen MR) is 101 cm³/mol. The van der Waals surface area contributed by atoms with E-state index in [9.17, 15) is 9.59 Å². The fourth-order valence-corrected chi connectivity index (χ4v) is 3.09. The minimum absolute atomic E-state index is 0.0515. The van der Waals surface area contributed by atoms with E-state index in [2.05, 4.69) is 15.5 Å². The molecule has 0 aliphatic carbocycles. The van der Waals surface area contributed by atoms with Crippen molar-refractivity contribution in [1.82, 2.24) is 20.1 Å². The average Bonchev–Trinajstić information content (AvgIpc) is 3.00. The van der Waals surface area contributed by atoms with E-state index in [1.807, 2.05) is 24.3 Å². The van der Waals surface area contributed by atoms with E-state index >= 15 is 0 Å². The van der Waals surface area contributed by atoms with Crippen molar-refractivity contribution in [2.24, 2.45) is 7.05 Å². The molecule has 0 aliphatic rings. The Bertz CT molecular complexity index is 776. The summed E-state index contributed by atoms with van der Waals surface area (Å²) in [4.78, 5) is 23.9. The zero-order valence-corrected chi connectivity index (χ0v) is 16.7. The third kappa shape index (κ3) is 5.99. The van der Waals surface area contributed by atoms with Crippen LogP contribution in [-0.4, -0.2) is 45.6 Å². The topological polar surface area (TPSA) is 95.3 Å². The second kappa shape index (κ2) is 9.96. The third-order valence-electron chi connectivity index (χ3n) is 3.81. The van der Waals surface area contributed by atoms with Crippen molar-refractivity contribution in [3.8, 4) is 5.75 Å². The minimum atomic E-state index is -0.360. The Morgan fingerprint density at radius 2 is 1.96 bits per heavy atom. The van der Waals surface area contributed by atoms with Gasteiger partial charge in [0.2, 0.25) is 5.91 Å². The SMILES string of the molecule is CCOC(=O)Cc1nnc(S[C@@H](C)C(=O)NCc2ccc(OC)cc2)n1C. The van der Waals surface area contributed by atoms with Crippen molar-refractivity contribution >= 4 is 23.6 Å². The van der Waals surface area contributed by atoms with Crippen molar-refractivity contribution in [2.75, 3.05) is 13.7 Å². The highest BCUT2D eigenvalue weighted by atomic mass is 32.2. The first-order valence-corrected chi connectivity index (χ1v) is 9.43. The van der Waals surface area contributed by atoms with Crippen molar-refractivity contribution in [1.29, 1.82) is 0 Å². The Morgan fingerprint density at radius 3 is 2.59 bits per heavy atom. The zero-order chi connectivity index (χ0) is 19.8. The number of nitrogens with one attached hydrogen (secondary N) is 1. The van der Waals surface area contributed by atoms with Crippen LogP contribution in [0, 0.1) is 0 Å². The van der Waals surface area contributed by atoms with Gasteiger partial charge in [0.15, 0.2) is 5.16 Å². The molecule has 1 aromatic carbocycles. The van der Waals surface area contributed by atoms with Gasteiger partial charge in [-0.1, -0.05) is 23.9 Å². The summed E-state index contributed by atoms with van der Waals surface area (Å²) in [6, 6.07) is 7.51. The van der Waals surface area contributed by atoms with E-state index in [0.29, 0.717) is 24.1 Å². The Morgan fingerprint density at radius 1 is 1.26 bits per heavy atom. The van der Waals surface area contributed by atoms with Gasteiger partial charge in [-0.3, -0.25) is 9.59 Å². The maximum absolute atomic E-state index is 12.3. The van der Waals surface area contributed by atoms with Crippen LogP contribution in [0.1, 0.15) is 25.2 Å². The van der Waals surface area contributed by atoms with E-state index in [1.54, 1.807) is 32.6 Å². The van der Waals surface area contributed by atoms with Gasteiger partial charge in [-0.25, -0.2) is 0 Å². The number of rotatable bonds is 9. The van der Waals surface area contributed by atoms with Gasteiger partial charge in [-0.2, -0.15) is 0 Å². The Labute approximate surface area is 162 Å². The van der Waals surface area contributed by atoms with Gasteiger partial charge in [0.1, 0.15) is 18.0 Å². The van der Waals surface area contributed by atoms with E-state index < -0.39 is 0 Å². The number of hydrogen-bond donors (Lipinski definition) is 1. The van der Waals surface area contributed by atoms with Crippen LogP contribution in [0.25, 0.3) is 0 Å². The molecule has 0 aliphatic heterocycles. The molecule has 0 saturated heterocycles. The largest absolute Gasteiger partial charge is 0.497 e. The molecule has 2 rings (SSSR count). The highest BCUT2D eigenvalue weighted by Gasteiger charge is 2.19. The van der Waals surface area contributed by atoms with E-state index in [0.717, 1.165) is 11.3 Å². The fraction of sp³-hybridized carbons (Fsp3) is 0.444. The number of thioether (sulfide) groups is 1. The lowest BCUT2D eigenvalue weighted by atomic mass is 10.2. The number of aromatic nitrogens is 3. The fourth-order valence-electron chi connectivity index (χ4n) is 2.23. The summed E-state index contributed by atoms with van der Waals surface area (Å²) in [7, 11) is 3.37. The van der Waals surface area contributed by atoms with Crippen LogP contribution in [-0.2, 0) is 34.3 Å². The van der Waals surface area contributed by atoms with Crippen LogP contribution in [0.2, 0.25) is 0 Å². The van der Waals surface area contributed by atoms with Crippen LogP contribution < -0.4 is 10.1 Å². The monoisotopic (exact) mass is 392 g/mol. The predicted octanol–water partition coefficient (Wildman–Crippen LogP) is 1.73. The molecule has 0 spiro atoms. The van der Waals surface area contributed by atoms with Gasteiger partial charge in [0.05, 0.1) is 19.0 Å². The van der Waals surface area contributed by atoms with E-state index in [1.165, 1.54) is 11.8 Å². The second-order valence-corrected chi connectivity index (χ2v) is 7.07. The average molecular weight is 392 g/mol. The number of methoxy groups -OCH3 is 1. The van der Waals surface area contributed by atoms with Crippen molar-refractivity contribution in [3.63, 3.8) is 0 Å². The lowest BCUT2D eigenvalue weighted by Crippen LogP contribution is -2.30. The smallest absolute Gasteiger partial charge is 0.313 e. The molecule has 1 aromatic heterocycles. The molecule has 146 valence electrons. The number of ether oxygens (including phenoxy) is 2. The van der Waals surface area contributed by atoms with Gasteiger partial charge in [-0.15, -0.1) is 10.2 Å². The highest BCUT2D eigenvalue weighted by Crippen LogP contribution is 2.22. The molecule has 9 heteroatoms. The summed E-state index contributed by atoms with van der Waals surface area (Å²) in [5.74, 6) is 0.817. The third-order valence-corrected chi connectivity index (χ3v) is 4.94. The van der Waals surface area contributed by atoms with Crippen molar-refractivity contribution in [2.45, 2.75) is 37.2 Å². The van der Waals surface area contributed by atoms with Crippen LogP contribution in [0.4, 0.5) is 0 Å². The quantitative estimate of drug-likeness (QED) is 0.513. The molecule has 2 aromatic rings. The normalized spacial score (nSPS) is 11.7. The van der Waals surface area contributed by atoms with Gasteiger partial charge in [0.25, 0.3) is 0 Å². The molecule has 0 fully saturated rings. The van der Waals surface area contributed by atoms with Crippen LogP contribution in [0.5, 0.6) is 5.75 Å². The Hall–Kier alpha value is -2.55. The summed E-state index contributed by atoms with van der Waals surface area (Å²) >= 11 is 1.29. The molecule has 8 nitrogen and oxygen atoms in total. The Kier molecular flexibility index (Phi) is 7.66. The molecule has 1 atom stereocenters. The summed E-state index contributed by atoms with van der Waals surface area (Å²) < 4.78 is 11.7. The minimum Gasteiger partial charge on any atom is -0.497 e. The lowest BCUT2D eigenvalue weighted by molar-refractivity contribution is -0.142.